The van der Waals surface area contributed by atoms with Gasteiger partial charge in [0, 0.05) is 8.95 Å². The number of rotatable bonds is 4. The standard InChI is InChI=1S/C12H12Br2N2O/c13-9-1-2-11(14)10(6-9)12(16-15)5-8-3-4-17-7-8/h1-4,6-7,12,16H,5,15H2. The SMILES string of the molecule is NNC(Cc1ccoc1)c1cc(Br)ccc1Br. The molecule has 1 aromatic carbocycles. The van der Waals surface area contributed by atoms with Gasteiger partial charge in [0.15, 0.2) is 0 Å². The smallest absolute Gasteiger partial charge is 0.0935 e. The Morgan fingerprint density at radius 2 is 2.12 bits per heavy atom. The molecule has 1 heterocycles. The third-order valence-electron chi connectivity index (χ3n) is 2.55. The fourth-order valence-electron chi connectivity index (χ4n) is 1.68. The molecule has 5 heteroatoms. The van der Waals surface area contributed by atoms with Gasteiger partial charge in [-0.05, 0) is 41.8 Å². The van der Waals surface area contributed by atoms with Gasteiger partial charge in [-0.15, -0.1) is 0 Å². The molecule has 0 saturated heterocycles. The summed E-state index contributed by atoms with van der Waals surface area (Å²) in [5, 5.41) is 0. The van der Waals surface area contributed by atoms with Crippen LogP contribution in [0.4, 0.5) is 0 Å². The second-order valence-electron chi connectivity index (χ2n) is 3.72. The summed E-state index contributed by atoms with van der Waals surface area (Å²) in [4.78, 5) is 0. The van der Waals surface area contributed by atoms with Crippen molar-refractivity contribution in [1.29, 1.82) is 0 Å². The molecular weight excluding hydrogens is 348 g/mol. The third-order valence-corrected chi connectivity index (χ3v) is 3.77. The van der Waals surface area contributed by atoms with Crippen molar-refractivity contribution in [3.8, 4) is 0 Å². The minimum atomic E-state index is 0.0412. The fraction of sp³-hybridized carbons (Fsp3) is 0.167. The lowest BCUT2D eigenvalue weighted by molar-refractivity contribution is 0.534. The molecule has 1 atom stereocenters. The molecule has 1 unspecified atom stereocenters. The number of furan rings is 1. The fourth-order valence-corrected chi connectivity index (χ4v) is 2.59. The number of nitrogens with one attached hydrogen (secondary N) is 1. The Morgan fingerprint density at radius 1 is 1.29 bits per heavy atom. The van der Waals surface area contributed by atoms with Crippen LogP contribution in [-0.4, -0.2) is 0 Å². The van der Waals surface area contributed by atoms with Crippen LogP contribution in [0.5, 0.6) is 0 Å². The summed E-state index contributed by atoms with van der Waals surface area (Å²) in [5.41, 5.74) is 5.06. The van der Waals surface area contributed by atoms with E-state index in [9.17, 15) is 0 Å². The third kappa shape index (κ3) is 3.19. The van der Waals surface area contributed by atoms with E-state index in [0.717, 1.165) is 26.5 Å². The number of hydrazine groups is 1. The van der Waals surface area contributed by atoms with Crippen LogP contribution in [0.2, 0.25) is 0 Å². The average molecular weight is 360 g/mol. The number of hydrogen-bond acceptors (Lipinski definition) is 3. The van der Waals surface area contributed by atoms with E-state index >= 15 is 0 Å². The van der Waals surface area contributed by atoms with E-state index in [-0.39, 0.29) is 6.04 Å². The monoisotopic (exact) mass is 358 g/mol. The molecule has 0 fully saturated rings. The van der Waals surface area contributed by atoms with Gasteiger partial charge in [-0.3, -0.25) is 11.3 Å². The van der Waals surface area contributed by atoms with Crippen LogP contribution < -0.4 is 11.3 Å². The Kier molecular flexibility index (Phi) is 4.39. The Labute approximate surface area is 117 Å². The van der Waals surface area contributed by atoms with Crippen LogP contribution in [-0.2, 0) is 6.42 Å². The highest BCUT2D eigenvalue weighted by atomic mass is 79.9. The summed E-state index contributed by atoms with van der Waals surface area (Å²) in [6, 6.07) is 8.02. The van der Waals surface area contributed by atoms with Gasteiger partial charge in [0.2, 0.25) is 0 Å². The maximum absolute atomic E-state index is 5.62. The lowest BCUT2D eigenvalue weighted by atomic mass is 10.0. The van der Waals surface area contributed by atoms with Crippen LogP contribution in [0, 0.1) is 0 Å². The van der Waals surface area contributed by atoms with Gasteiger partial charge in [-0.25, -0.2) is 0 Å². The molecule has 0 spiro atoms. The molecule has 3 nitrogen and oxygen atoms in total. The first-order valence-electron chi connectivity index (χ1n) is 5.13. The Balaban J connectivity index is 2.25. The Bertz CT molecular complexity index is 485. The minimum absolute atomic E-state index is 0.0412. The maximum Gasteiger partial charge on any atom is 0.0935 e. The lowest BCUT2D eigenvalue weighted by Crippen LogP contribution is -2.29. The van der Waals surface area contributed by atoms with E-state index < -0.39 is 0 Å². The van der Waals surface area contributed by atoms with E-state index in [4.69, 9.17) is 10.3 Å². The summed E-state index contributed by atoms with van der Waals surface area (Å²) in [6.07, 6.45) is 4.18. The van der Waals surface area contributed by atoms with E-state index in [2.05, 4.69) is 43.4 Å². The van der Waals surface area contributed by atoms with E-state index in [1.807, 2.05) is 18.2 Å². The molecule has 0 radical (unpaired) electrons. The number of halogens is 2. The molecule has 90 valence electrons. The van der Waals surface area contributed by atoms with Crippen molar-refractivity contribution >= 4 is 31.9 Å². The predicted octanol–water partition coefficient (Wildman–Crippen LogP) is 3.55. The number of hydrogen-bond donors (Lipinski definition) is 2. The molecule has 17 heavy (non-hydrogen) atoms. The van der Waals surface area contributed by atoms with Crippen molar-refractivity contribution in [3.63, 3.8) is 0 Å². The highest BCUT2D eigenvalue weighted by molar-refractivity contribution is 9.11. The molecule has 0 aliphatic rings. The van der Waals surface area contributed by atoms with Gasteiger partial charge < -0.3 is 4.42 Å². The van der Waals surface area contributed by atoms with Crippen LogP contribution in [0.1, 0.15) is 17.2 Å². The molecule has 3 N–H and O–H groups in total. The minimum Gasteiger partial charge on any atom is -0.472 e. The largest absolute Gasteiger partial charge is 0.472 e. The van der Waals surface area contributed by atoms with Gasteiger partial charge >= 0.3 is 0 Å². The molecule has 2 rings (SSSR count). The van der Waals surface area contributed by atoms with Crippen LogP contribution in [0.3, 0.4) is 0 Å². The topological polar surface area (TPSA) is 51.2 Å². The molecule has 0 saturated carbocycles. The van der Waals surface area contributed by atoms with Crippen LogP contribution in [0.15, 0.2) is 50.2 Å². The zero-order chi connectivity index (χ0) is 12.3. The van der Waals surface area contributed by atoms with Gasteiger partial charge in [0.25, 0.3) is 0 Å². The van der Waals surface area contributed by atoms with Crippen molar-refractivity contribution in [2.45, 2.75) is 12.5 Å². The summed E-state index contributed by atoms with van der Waals surface area (Å²) >= 11 is 7.00. The Morgan fingerprint density at radius 3 is 2.76 bits per heavy atom. The lowest BCUT2D eigenvalue weighted by Gasteiger charge is -2.17. The Hall–Kier alpha value is -0.620. The molecule has 2 aromatic rings. The zero-order valence-electron chi connectivity index (χ0n) is 8.99. The zero-order valence-corrected chi connectivity index (χ0v) is 12.2. The van der Waals surface area contributed by atoms with E-state index in [1.54, 1.807) is 12.5 Å². The van der Waals surface area contributed by atoms with Crippen molar-refractivity contribution in [3.05, 3.63) is 56.9 Å². The quantitative estimate of drug-likeness (QED) is 0.648. The van der Waals surface area contributed by atoms with Crippen molar-refractivity contribution in [2.24, 2.45) is 5.84 Å². The number of nitrogens with two attached hydrogens (primary N) is 1. The second kappa shape index (κ2) is 5.82. The number of benzene rings is 1. The first-order valence-corrected chi connectivity index (χ1v) is 6.71. The van der Waals surface area contributed by atoms with Gasteiger partial charge in [0.05, 0.1) is 18.6 Å². The van der Waals surface area contributed by atoms with Gasteiger partial charge in [0.1, 0.15) is 0 Å². The predicted molar refractivity (Wildman–Crippen MR) is 74.3 cm³/mol. The summed E-state index contributed by atoms with van der Waals surface area (Å²) in [7, 11) is 0. The van der Waals surface area contributed by atoms with Gasteiger partial charge in [-0.1, -0.05) is 31.9 Å². The average Bonchev–Trinajstić information content (AvgIpc) is 2.82. The van der Waals surface area contributed by atoms with Crippen molar-refractivity contribution < 1.29 is 4.42 Å². The molecule has 0 aliphatic heterocycles. The van der Waals surface area contributed by atoms with Gasteiger partial charge in [-0.2, -0.15) is 0 Å². The highest BCUT2D eigenvalue weighted by Crippen LogP contribution is 2.28. The first-order chi connectivity index (χ1) is 8.20. The van der Waals surface area contributed by atoms with E-state index in [0.29, 0.717) is 0 Å². The molecule has 1 aromatic heterocycles. The molecule has 0 aliphatic carbocycles. The second-order valence-corrected chi connectivity index (χ2v) is 5.49. The van der Waals surface area contributed by atoms with E-state index in [1.165, 1.54) is 0 Å². The maximum atomic E-state index is 5.62. The molecular formula is C12H12Br2N2O. The molecule has 0 bridgehead atoms. The van der Waals surface area contributed by atoms with Crippen LogP contribution >= 0.6 is 31.9 Å². The van der Waals surface area contributed by atoms with Crippen LogP contribution in [0.25, 0.3) is 0 Å². The highest BCUT2D eigenvalue weighted by Gasteiger charge is 2.14. The molecule has 0 amide bonds. The summed E-state index contributed by atoms with van der Waals surface area (Å²) < 4.78 is 7.13. The van der Waals surface area contributed by atoms with Crippen molar-refractivity contribution in [1.82, 2.24) is 5.43 Å². The van der Waals surface area contributed by atoms with Crippen molar-refractivity contribution in [2.75, 3.05) is 0 Å². The normalized spacial score (nSPS) is 12.6. The first kappa shape index (κ1) is 12.8. The summed E-state index contributed by atoms with van der Waals surface area (Å²) in [5.74, 6) is 5.62. The summed E-state index contributed by atoms with van der Waals surface area (Å²) in [6.45, 7) is 0.